The largest absolute Gasteiger partial charge is 0.476 e. The van der Waals surface area contributed by atoms with Crippen LogP contribution in [0, 0.1) is 11.3 Å². The molecule has 0 amide bonds. The van der Waals surface area contributed by atoms with Crippen molar-refractivity contribution in [2.45, 2.75) is 31.7 Å². The summed E-state index contributed by atoms with van der Waals surface area (Å²) in [5.74, 6) is 0.147. The lowest BCUT2D eigenvalue weighted by Crippen LogP contribution is -2.40. The Labute approximate surface area is 121 Å². The summed E-state index contributed by atoms with van der Waals surface area (Å²) < 4.78 is 10.7. The summed E-state index contributed by atoms with van der Waals surface area (Å²) in [6.07, 6.45) is 0. The summed E-state index contributed by atoms with van der Waals surface area (Å²) in [4.78, 5) is 11.8. The molecule has 0 aliphatic rings. The van der Waals surface area contributed by atoms with Crippen molar-refractivity contribution < 1.29 is 14.3 Å². The van der Waals surface area contributed by atoms with Gasteiger partial charge in [-0.3, -0.25) is 0 Å². The Hall–Kier alpha value is -1.54. The van der Waals surface area contributed by atoms with Crippen LogP contribution in [0.15, 0.2) is 18.2 Å². The highest BCUT2D eigenvalue weighted by atomic mass is 79.9. The fraction of sp³-hybridized carbons (Fsp3) is 0.429. The molecule has 4 nitrogen and oxygen atoms in total. The normalized spacial score (nSPS) is 10.7. The zero-order valence-corrected chi connectivity index (χ0v) is 12.8. The van der Waals surface area contributed by atoms with Gasteiger partial charge in [0.1, 0.15) is 5.75 Å². The van der Waals surface area contributed by atoms with E-state index in [4.69, 9.17) is 14.7 Å². The first-order chi connectivity index (χ1) is 8.94. The summed E-state index contributed by atoms with van der Waals surface area (Å²) in [6, 6.07) is 7.14. The summed E-state index contributed by atoms with van der Waals surface area (Å²) in [5, 5.41) is 9.40. The van der Waals surface area contributed by atoms with Crippen molar-refractivity contribution in [1.82, 2.24) is 0 Å². The molecule has 0 bridgehead atoms. The third kappa shape index (κ3) is 3.97. The molecule has 0 radical (unpaired) electrons. The topological polar surface area (TPSA) is 59.3 Å². The van der Waals surface area contributed by atoms with Crippen LogP contribution in [0.2, 0.25) is 0 Å². The van der Waals surface area contributed by atoms with Crippen LogP contribution in [0.25, 0.3) is 0 Å². The first-order valence-corrected chi connectivity index (χ1v) is 7.02. The fourth-order valence-corrected chi connectivity index (χ4v) is 1.91. The van der Waals surface area contributed by atoms with E-state index in [0.29, 0.717) is 23.2 Å². The van der Waals surface area contributed by atoms with Crippen molar-refractivity contribution in [2.75, 3.05) is 6.61 Å². The van der Waals surface area contributed by atoms with Gasteiger partial charge in [-0.25, -0.2) is 4.79 Å². The number of alkyl halides is 1. The van der Waals surface area contributed by atoms with E-state index in [9.17, 15) is 4.79 Å². The van der Waals surface area contributed by atoms with Gasteiger partial charge in [-0.1, -0.05) is 15.9 Å². The van der Waals surface area contributed by atoms with E-state index in [0.717, 1.165) is 5.56 Å². The van der Waals surface area contributed by atoms with Crippen LogP contribution in [0.1, 0.15) is 31.9 Å². The highest BCUT2D eigenvalue weighted by Crippen LogP contribution is 2.27. The van der Waals surface area contributed by atoms with Crippen LogP contribution in [0.5, 0.6) is 5.75 Å². The number of rotatable bonds is 5. The molecule has 0 atom stereocenters. The maximum atomic E-state index is 11.8. The molecule has 0 N–H and O–H groups in total. The van der Waals surface area contributed by atoms with E-state index in [1.165, 1.54) is 0 Å². The maximum Gasteiger partial charge on any atom is 0.349 e. The van der Waals surface area contributed by atoms with Crippen LogP contribution < -0.4 is 4.74 Å². The average molecular weight is 326 g/mol. The Morgan fingerprint density at radius 3 is 2.68 bits per heavy atom. The molecule has 5 heteroatoms. The Morgan fingerprint density at radius 2 is 2.16 bits per heavy atom. The van der Waals surface area contributed by atoms with Crippen LogP contribution in [-0.2, 0) is 14.9 Å². The predicted octanol–water partition coefficient (Wildman–Crippen LogP) is 3.17. The summed E-state index contributed by atoms with van der Waals surface area (Å²) in [7, 11) is 0. The van der Waals surface area contributed by atoms with Crippen molar-refractivity contribution in [3.8, 4) is 11.8 Å². The number of hydrogen-bond donors (Lipinski definition) is 0. The van der Waals surface area contributed by atoms with Gasteiger partial charge in [0, 0.05) is 10.9 Å². The fourth-order valence-electron chi connectivity index (χ4n) is 1.47. The lowest BCUT2D eigenvalue weighted by Gasteiger charge is -2.25. The van der Waals surface area contributed by atoms with E-state index in [2.05, 4.69) is 22.0 Å². The van der Waals surface area contributed by atoms with Gasteiger partial charge in [0.05, 0.1) is 18.2 Å². The average Bonchev–Trinajstić information content (AvgIpc) is 2.39. The molecule has 0 unspecified atom stereocenters. The second-order valence-corrected chi connectivity index (χ2v) is 4.96. The highest BCUT2D eigenvalue weighted by molar-refractivity contribution is 9.08. The molecular weight excluding hydrogens is 310 g/mol. The zero-order chi connectivity index (χ0) is 14.5. The number of nitriles is 1. The summed E-state index contributed by atoms with van der Waals surface area (Å²) >= 11 is 3.34. The molecule has 0 aliphatic carbocycles. The third-order valence-corrected chi connectivity index (χ3v) is 3.07. The lowest BCUT2D eigenvalue weighted by atomic mass is 10.1. The minimum absolute atomic E-state index is 0.310. The second-order valence-electron chi connectivity index (χ2n) is 4.40. The number of ether oxygens (including phenoxy) is 2. The SMILES string of the molecule is CCOC(=O)C(C)(C)Oc1ccc(C#N)cc1CBr. The molecule has 1 rings (SSSR count). The zero-order valence-electron chi connectivity index (χ0n) is 11.2. The summed E-state index contributed by atoms with van der Waals surface area (Å²) in [5.41, 5.74) is 0.299. The number of carbonyl (C=O) groups is 1. The molecule has 102 valence electrons. The molecule has 1 aromatic rings. The molecule has 0 spiro atoms. The van der Waals surface area contributed by atoms with E-state index >= 15 is 0 Å². The van der Waals surface area contributed by atoms with Crippen molar-refractivity contribution in [3.63, 3.8) is 0 Å². The smallest absolute Gasteiger partial charge is 0.349 e. The number of halogens is 1. The molecule has 0 aromatic heterocycles. The summed E-state index contributed by atoms with van der Waals surface area (Å²) in [6.45, 7) is 5.37. The minimum Gasteiger partial charge on any atom is -0.476 e. The Balaban J connectivity index is 2.99. The van der Waals surface area contributed by atoms with Crippen molar-refractivity contribution in [2.24, 2.45) is 0 Å². The molecule has 19 heavy (non-hydrogen) atoms. The predicted molar refractivity (Wildman–Crippen MR) is 75.1 cm³/mol. The highest BCUT2D eigenvalue weighted by Gasteiger charge is 2.32. The second kappa shape index (κ2) is 6.58. The van der Waals surface area contributed by atoms with Crippen LogP contribution >= 0.6 is 15.9 Å². The lowest BCUT2D eigenvalue weighted by molar-refractivity contribution is -0.158. The first-order valence-electron chi connectivity index (χ1n) is 5.89. The molecular formula is C14H16BrNO3. The quantitative estimate of drug-likeness (QED) is 0.616. The number of esters is 1. The van der Waals surface area contributed by atoms with Gasteiger partial charge in [-0.2, -0.15) is 5.26 Å². The number of nitrogens with zero attached hydrogens (tertiary/aromatic N) is 1. The third-order valence-electron chi connectivity index (χ3n) is 2.47. The standard InChI is InChI=1S/C14H16BrNO3/c1-4-18-13(17)14(2,3)19-12-6-5-10(9-16)7-11(12)8-15/h5-7H,4,8H2,1-3H3. The first kappa shape index (κ1) is 15.5. The van der Waals surface area contributed by atoms with Gasteiger partial charge < -0.3 is 9.47 Å². The molecule has 1 aromatic carbocycles. The molecule has 0 heterocycles. The van der Waals surface area contributed by atoms with Gasteiger partial charge in [-0.15, -0.1) is 0 Å². The minimum atomic E-state index is -1.07. The Morgan fingerprint density at radius 1 is 1.47 bits per heavy atom. The maximum absolute atomic E-state index is 11.8. The van der Waals surface area contributed by atoms with Crippen LogP contribution in [-0.4, -0.2) is 18.2 Å². The van der Waals surface area contributed by atoms with Crippen LogP contribution in [0.3, 0.4) is 0 Å². The number of hydrogen-bond acceptors (Lipinski definition) is 4. The van der Waals surface area contributed by atoms with Gasteiger partial charge in [0.25, 0.3) is 0 Å². The monoisotopic (exact) mass is 325 g/mol. The van der Waals surface area contributed by atoms with E-state index in [-0.39, 0.29) is 0 Å². The molecule has 0 aliphatic heterocycles. The number of carbonyl (C=O) groups excluding carboxylic acids is 1. The van der Waals surface area contributed by atoms with E-state index in [1.807, 2.05) is 0 Å². The van der Waals surface area contributed by atoms with Crippen molar-refractivity contribution in [1.29, 1.82) is 5.26 Å². The van der Waals surface area contributed by atoms with Gasteiger partial charge in [0.2, 0.25) is 0 Å². The number of benzene rings is 1. The van der Waals surface area contributed by atoms with Gasteiger partial charge >= 0.3 is 5.97 Å². The van der Waals surface area contributed by atoms with Crippen molar-refractivity contribution in [3.05, 3.63) is 29.3 Å². The van der Waals surface area contributed by atoms with Crippen LogP contribution in [0.4, 0.5) is 0 Å². The van der Waals surface area contributed by atoms with Crippen molar-refractivity contribution >= 4 is 21.9 Å². The van der Waals surface area contributed by atoms with Gasteiger partial charge in [0.15, 0.2) is 5.60 Å². The molecule has 0 fully saturated rings. The van der Waals surface area contributed by atoms with E-state index < -0.39 is 11.6 Å². The Bertz CT molecular complexity index is 506. The molecule has 0 saturated heterocycles. The van der Waals surface area contributed by atoms with E-state index in [1.54, 1.807) is 39.0 Å². The molecule has 0 saturated carbocycles. The Kier molecular flexibility index (Phi) is 5.37. The van der Waals surface area contributed by atoms with Gasteiger partial charge in [-0.05, 0) is 39.0 Å².